The molecule has 1 aromatic heterocycles. The van der Waals surface area contributed by atoms with Crippen LogP contribution in [0.4, 0.5) is 0 Å². The highest BCUT2D eigenvalue weighted by molar-refractivity contribution is 7.86. The summed E-state index contributed by atoms with van der Waals surface area (Å²) in [6, 6.07) is 12.4. The Balaban J connectivity index is 1.77. The fraction of sp³-hybridized carbons (Fsp3) is 0.111. The van der Waals surface area contributed by atoms with E-state index >= 15 is 0 Å². The molecule has 4 rings (SSSR count). The Labute approximate surface area is 149 Å². The van der Waals surface area contributed by atoms with Crippen LogP contribution in [-0.2, 0) is 14.4 Å². The summed E-state index contributed by atoms with van der Waals surface area (Å²) in [5.41, 5.74) is 1.99. The van der Waals surface area contributed by atoms with Crippen LogP contribution in [0.15, 0.2) is 59.6 Å². The average molecular weight is 370 g/mol. The van der Waals surface area contributed by atoms with Crippen molar-refractivity contribution in [1.82, 2.24) is 10.0 Å². The van der Waals surface area contributed by atoms with Crippen molar-refractivity contribution < 1.29 is 22.6 Å². The second-order valence-corrected chi connectivity index (χ2v) is 7.47. The topological polar surface area (TPSA) is 96.8 Å². The van der Waals surface area contributed by atoms with Crippen molar-refractivity contribution in [3.63, 3.8) is 0 Å². The summed E-state index contributed by atoms with van der Waals surface area (Å²) in [4.78, 5) is 16.8. The number of pyridine rings is 1. The Kier molecular flexibility index (Phi) is 3.76. The minimum atomic E-state index is -4.28. The first-order chi connectivity index (χ1) is 12.4. The van der Waals surface area contributed by atoms with Crippen molar-refractivity contribution in [3.8, 4) is 0 Å². The number of benzene rings is 2. The van der Waals surface area contributed by atoms with Crippen LogP contribution in [0.1, 0.15) is 27.7 Å². The molecule has 1 atom stereocenters. The lowest BCUT2D eigenvalue weighted by atomic mass is 9.98. The number of rotatable bonds is 3. The van der Waals surface area contributed by atoms with E-state index < -0.39 is 22.3 Å². The number of aliphatic hydroxyl groups is 1. The number of aliphatic hydroxyl groups excluding tert-OH is 1. The van der Waals surface area contributed by atoms with E-state index in [-0.39, 0.29) is 10.5 Å². The second kappa shape index (κ2) is 5.87. The Morgan fingerprint density at radius 1 is 1.12 bits per heavy atom. The zero-order valence-corrected chi connectivity index (χ0v) is 14.5. The zero-order chi connectivity index (χ0) is 18.5. The highest BCUT2D eigenvalue weighted by Crippen LogP contribution is 2.35. The van der Waals surface area contributed by atoms with Crippen molar-refractivity contribution in [2.24, 2.45) is 0 Å². The number of hydroxylamine groups is 2. The van der Waals surface area contributed by atoms with Gasteiger partial charge in [-0.25, -0.2) is 0 Å². The molecule has 8 heteroatoms. The molecular weight excluding hydrogens is 356 g/mol. The van der Waals surface area contributed by atoms with Gasteiger partial charge in [-0.2, -0.15) is 13.5 Å². The lowest BCUT2D eigenvalue weighted by Gasteiger charge is -2.31. The lowest BCUT2D eigenvalue weighted by Crippen LogP contribution is -2.39. The molecule has 26 heavy (non-hydrogen) atoms. The van der Waals surface area contributed by atoms with Crippen LogP contribution in [0.25, 0.3) is 10.9 Å². The molecular formula is C18H14N2O5S. The van der Waals surface area contributed by atoms with Crippen LogP contribution < -0.4 is 0 Å². The maximum Gasteiger partial charge on any atom is 0.317 e. The van der Waals surface area contributed by atoms with Gasteiger partial charge in [0, 0.05) is 17.1 Å². The molecule has 7 nitrogen and oxygen atoms in total. The quantitative estimate of drug-likeness (QED) is 0.760. The smallest absolute Gasteiger partial charge is 0.317 e. The van der Waals surface area contributed by atoms with Crippen LogP contribution in [0.5, 0.6) is 0 Å². The molecule has 2 heterocycles. The SMILES string of the molecule is Cc1ccc(S(=O)(=O)ON2C(=O)c3ccnc4cccc(c34)C2O)cc1. The molecule has 1 aliphatic heterocycles. The van der Waals surface area contributed by atoms with Crippen molar-refractivity contribution in [2.45, 2.75) is 18.0 Å². The van der Waals surface area contributed by atoms with E-state index in [1.54, 1.807) is 30.3 Å². The average Bonchev–Trinajstić information content (AvgIpc) is 2.63. The zero-order valence-electron chi connectivity index (χ0n) is 13.7. The summed E-state index contributed by atoms with van der Waals surface area (Å²) in [6.07, 6.45) is -0.118. The molecule has 0 fully saturated rings. The molecule has 1 amide bonds. The molecule has 0 saturated heterocycles. The first-order valence-corrected chi connectivity index (χ1v) is 9.20. The fourth-order valence-electron chi connectivity index (χ4n) is 2.91. The number of hydrogen-bond acceptors (Lipinski definition) is 6. The van der Waals surface area contributed by atoms with Crippen molar-refractivity contribution in [3.05, 3.63) is 71.4 Å². The van der Waals surface area contributed by atoms with Crippen molar-refractivity contribution in [1.29, 1.82) is 0 Å². The van der Waals surface area contributed by atoms with Gasteiger partial charge in [0.05, 0.1) is 16.0 Å². The monoisotopic (exact) mass is 370 g/mol. The van der Waals surface area contributed by atoms with E-state index in [2.05, 4.69) is 4.98 Å². The van der Waals surface area contributed by atoms with E-state index in [0.717, 1.165) is 5.56 Å². The molecule has 0 bridgehead atoms. The molecule has 1 aliphatic rings. The number of hydrogen-bond donors (Lipinski definition) is 1. The fourth-order valence-corrected chi connectivity index (χ4v) is 3.83. The van der Waals surface area contributed by atoms with Gasteiger partial charge in [0.2, 0.25) is 0 Å². The third kappa shape index (κ3) is 2.55. The Morgan fingerprint density at radius 3 is 2.58 bits per heavy atom. The van der Waals surface area contributed by atoms with Crippen LogP contribution in [0.2, 0.25) is 0 Å². The standard InChI is InChI=1S/C18H14N2O5S/c1-11-5-7-12(8-6-11)26(23,24)25-20-17(21)13-3-2-4-15-16(13)14(18(20)22)9-10-19-15/h2-10,17,21H,1H3. The van der Waals surface area contributed by atoms with E-state index in [9.17, 15) is 18.3 Å². The van der Waals surface area contributed by atoms with Gasteiger partial charge >= 0.3 is 10.1 Å². The Hall–Kier alpha value is -2.81. The van der Waals surface area contributed by atoms with Crippen LogP contribution in [0.3, 0.4) is 0 Å². The third-order valence-corrected chi connectivity index (χ3v) is 5.42. The lowest BCUT2D eigenvalue weighted by molar-refractivity contribution is -0.135. The molecule has 2 aromatic carbocycles. The van der Waals surface area contributed by atoms with Gasteiger partial charge in [-0.15, -0.1) is 4.28 Å². The summed E-state index contributed by atoms with van der Waals surface area (Å²) in [7, 11) is -4.28. The van der Waals surface area contributed by atoms with Gasteiger partial charge in [0.1, 0.15) is 0 Å². The van der Waals surface area contributed by atoms with Crippen LogP contribution in [-0.4, -0.2) is 29.5 Å². The van der Waals surface area contributed by atoms with Gasteiger partial charge in [-0.1, -0.05) is 29.8 Å². The predicted molar refractivity (Wildman–Crippen MR) is 92.3 cm³/mol. The Morgan fingerprint density at radius 2 is 1.85 bits per heavy atom. The Bertz CT molecular complexity index is 1120. The maximum absolute atomic E-state index is 12.7. The first-order valence-electron chi connectivity index (χ1n) is 7.79. The number of amides is 1. The molecule has 132 valence electrons. The molecule has 1 N–H and O–H groups in total. The number of carbonyl (C=O) groups excluding carboxylic acids is 1. The highest BCUT2D eigenvalue weighted by Gasteiger charge is 2.37. The van der Waals surface area contributed by atoms with Gasteiger partial charge in [-0.05, 0) is 31.2 Å². The van der Waals surface area contributed by atoms with Crippen molar-refractivity contribution in [2.75, 3.05) is 0 Å². The molecule has 0 saturated carbocycles. The highest BCUT2D eigenvalue weighted by atomic mass is 32.2. The molecule has 0 spiro atoms. The molecule has 0 radical (unpaired) electrons. The molecule has 1 unspecified atom stereocenters. The van der Waals surface area contributed by atoms with E-state index in [0.29, 0.717) is 21.5 Å². The largest absolute Gasteiger partial charge is 0.367 e. The summed E-state index contributed by atoms with van der Waals surface area (Å²) in [6.45, 7) is 1.82. The molecule has 0 aliphatic carbocycles. The number of aromatic nitrogens is 1. The summed E-state index contributed by atoms with van der Waals surface area (Å²) in [5, 5.41) is 11.5. The van der Waals surface area contributed by atoms with Crippen LogP contribution >= 0.6 is 0 Å². The van der Waals surface area contributed by atoms with Crippen molar-refractivity contribution >= 4 is 26.9 Å². The third-order valence-electron chi connectivity index (χ3n) is 4.22. The number of aryl methyl sites for hydroxylation is 1. The minimum Gasteiger partial charge on any atom is -0.367 e. The van der Waals surface area contributed by atoms with Crippen LogP contribution in [0, 0.1) is 6.92 Å². The summed E-state index contributed by atoms with van der Waals surface area (Å²) in [5.74, 6) is -0.751. The number of carbonyl (C=O) groups is 1. The second-order valence-electron chi connectivity index (χ2n) is 5.95. The van der Waals surface area contributed by atoms with E-state index in [1.165, 1.54) is 24.4 Å². The summed E-state index contributed by atoms with van der Waals surface area (Å²) >= 11 is 0. The number of nitrogens with zero attached hydrogens (tertiary/aromatic N) is 2. The van der Waals surface area contributed by atoms with Gasteiger partial charge < -0.3 is 5.11 Å². The normalized spacial score (nSPS) is 16.9. The van der Waals surface area contributed by atoms with E-state index in [4.69, 9.17) is 4.28 Å². The van der Waals surface area contributed by atoms with Gasteiger partial charge in [0.15, 0.2) is 6.23 Å². The van der Waals surface area contributed by atoms with Gasteiger partial charge in [0.25, 0.3) is 5.91 Å². The van der Waals surface area contributed by atoms with Gasteiger partial charge in [-0.3, -0.25) is 9.78 Å². The molecule has 3 aromatic rings. The predicted octanol–water partition coefficient (Wildman–Crippen LogP) is 2.31. The summed E-state index contributed by atoms with van der Waals surface area (Å²) < 4.78 is 30.0. The van der Waals surface area contributed by atoms with E-state index in [1.807, 2.05) is 6.92 Å². The maximum atomic E-state index is 12.7. The first kappa shape index (κ1) is 16.6. The minimum absolute atomic E-state index is 0.109.